The first-order valence-corrected chi connectivity index (χ1v) is 6.20. The zero-order valence-electron chi connectivity index (χ0n) is 9.76. The number of unbranched alkanes of at least 4 members (excludes halogenated alkanes) is 1. The summed E-state index contributed by atoms with van der Waals surface area (Å²) in [6.07, 6.45) is 2.37. The number of nitrogens with zero attached hydrogens (tertiary/aromatic N) is 1. The van der Waals surface area contributed by atoms with Gasteiger partial charge in [-0.25, -0.2) is 0 Å². The van der Waals surface area contributed by atoms with Crippen LogP contribution in [-0.2, 0) is 0 Å². The molecule has 0 atom stereocenters. The van der Waals surface area contributed by atoms with Crippen molar-refractivity contribution in [3.63, 3.8) is 0 Å². The molecule has 3 nitrogen and oxygen atoms in total. The summed E-state index contributed by atoms with van der Waals surface area (Å²) in [5.74, 6) is 0.0923. The van der Waals surface area contributed by atoms with Crippen LogP contribution in [0.1, 0.15) is 25.3 Å². The first-order valence-electron chi connectivity index (χ1n) is 5.41. The zero-order valence-corrected chi connectivity index (χ0v) is 11.3. The van der Waals surface area contributed by atoms with Gasteiger partial charge in [-0.05, 0) is 40.5 Å². The Kier molecular flexibility index (Phi) is 4.80. The Morgan fingerprint density at radius 1 is 1.50 bits per heavy atom. The van der Waals surface area contributed by atoms with Crippen LogP contribution in [0.5, 0.6) is 0 Å². The van der Waals surface area contributed by atoms with E-state index < -0.39 is 0 Å². The second-order valence-corrected chi connectivity index (χ2v) is 4.71. The molecule has 0 saturated heterocycles. The van der Waals surface area contributed by atoms with E-state index in [0.29, 0.717) is 0 Å². The molecule has 0 amide bonds. The fourth-order valence-corrected chi connectivity index (χ4v) is 2.06. The molecule has 0 aliphatic rings. The fourth-order valence-electron chi connectivity index (χ4n) is 1.48. The van der Waals surface area contributed by atoms with Crippen molar-refractivity contribution in [1.82, 2.24) is 0 Å². The monoisotopic (exact) mass is 283 g/mol. The highest BCUT2D eigenvalue weighted by Gasteiger charge is 2.06. The highest BCUT2D eigenvalue weighted by Crippen LogP contribution is 2.23. The first-order chi connectivity index (χ1) is 7.56. The molecular weight excluding hydrogens is 266 g/mol. The van der Waals surface area contributed by atoms with E-state index in [1.807, 2.05) is 18.2 Å². The molecule has 3 N–H and O–H groups in total. The number of nitrogen functional groups attached to an aromatic ring is 1. The number of amidine groups is 1. The fraction of sp³-hybridized carbons (Fsp3) is 0.417. The summed E-state index contributed by atoms with van der Waals surface area (Å²) < 4.78 is 0.876. The summed E-state index contributed by atoms with van der Waals surface area (Å²) in [4.78, 5) is 2.21. The number of hydrogen-bond donors (Lipinski definition) is 2. The number of nitrogens with two attached hydrogens (primary N) is 1. The highest BCUT2D eigenvalue weighted by atomic mass is 79.9. The zero-order chi connectivity index (χ0) is 12.1. The van der Waals surface area contributed by atoms with Crippen molar-refractivity contribution in [2.24, 2.45) is 5.73 Å². The van der Waals surface area contributed by atoms with Gasteiger partial charge in [0, 0.05) is 29.3 Å². The van der Waals surface area contributed by atoms with Gasteiger partial charge in [0.1, 0.15) is 5.84 Å². The molecule has 4 heteroatoms. The summed E-state index contributed by atoms with van der Waals surface area (Å²) in [6.45, 7) is 3.23. The molecule has 0 spiro atoms. The molecule has 1 aromatic carbocycles. The van der Waals surface area contributed by atoms with E-state index in [4.69, 9.17) is 11.1 Å². The smallest absolute Gasteiger partial charge is 0.123 e. The Labute approximate surface area is 105 Å². The standard InChI is InChI=1S/C12H18BrN3/c1-3-4-7-16(2)9-5-6-10(12(14)15)11(13)8-9/h5-6,8H,3-4,7H2,1-2H3,(H3,14,15). The maximum absolute atomic E-state index is 7.40. The van der Waals surface area contributed by atoms with Crippen LogP contribution in [0, 0.1) is 5.41 Å². The molecule has 0 fully saturated rings. The Hall–Kier alpha value is -1.03. The molecule has 0 radical (unpaired) electrons. The molecule has 16 heavy (non-hydrogen) atoms. The molecule has 1 aromatic rings. The number of nitrogens with one attached hydrogen (secondary N) is 1. The Morgan fingerprint density at radius 2 is 2.19 bits per heavy atom. The predicted molar refractivity (Wildman–Crippen MR) is 73.3 cm³/mol. The molecule has 0 aliphatic carbocycles. The summed E-state index contributed by atoms with van der Waals surface area (Å²) >= 11 is 3.44. The number of halogens is 1. The van der Waals surface area contributed by atoms with Crippen LogP contribution in [-0.4, -0.2) is 19.4 Å². The van der Waals surface area contributed by atoms with Gasteiger partial charge in [0.25, 0.3) is 0 Å². The maximum atomic E-state index is 7.40. The molecule has 0 unspecified atom stereocenters. The highest BCUT2D eigenvalue weighted by molar-refractivity contribution is 9.10. The van der Waals surface area contributed by atoms with Crippen LogP contribution in [0.4, 0.5) is 5.69 Å². The topological polar surface area (TPSA) is 53.1 Å². The second kappa shape index (κ2) is 5.89. The minimum atomic E-state index is 0.0923. The summed E-state index contributed by atoms with van der Waals surface area (Å²) in [5, 5.41) is 7.40. The maximum Gasteiger partial charge on any atom is 0.123 e. The molecular formula is C12H18BrN3. The van der Waals surface area contributed by atoms with Crippen LogP contribution >= 0.6 is 15.9 Å². The number of anilines is 1. The lowest BCUT2D eigenvalue weighted by molar-refractivity contribution is 0.766. The van der Waals surface area contributed by atoms with Crippen LogP contribution < -0.4 is 10.6 Å². The van der Waals surface area contributed by atoms with E-state index in [1.165, 1.54) is 12.8 Å². The molecule has 0 aliphatic heterocycles. The average Bonchev–Trinajstić information content (AvgIpc) is 2.25. The third kappa shape index (κ3) is 3.23. The van der Waals surface area contributed by atoms with Gasteiger partial charge < -0.3 is 10.6 Å². The normalized spacial score (nSPS) is 10.2. The second-order valence-electron chi connectivity index (χ2n) is 3.85. The van der Waals surface area contributed by atoms with Gasteiger partial charge in [-0.15, -0.1) is 0 Å². The Balaban J connectivity index is 2.84. The minimum Gasteiger partial charge on any atom is -0.384 e. The van der Waals surface area contributed by atoms with E-state index in [-0.39, 0.29) is 5.84 Å². The van der Waals surface area contributed by atoms with Gasteiger partial charge in [0.2, 0.25) is 0 Å². The molecule has 1 rings (SSSR count). The van der Waals surface area contributed by atoms with Gasteiger partial charge in [0.05, 0.1) is 0 Å². The third-order valence-corrected chi connectivity index (χ3v) is 3.19. The van der Waals surface area contributed by atoms with Crippen molar-refractivity contribution in [2.75, 3.05) is 18.5 Å². The van der Waals surface area contributed by atoms with Crippen molar-refractivity contribution in [3.8, 4) is 0 Å². The van der Waals surface area contributed by atoms with Gasteiger partial charge in [-0.3, -0.25) is 5.41 Å². The van der Waals surface area contributed by atoms with Crippen LogP contribution in [0.25, 0.3) is 0 Å². The predicted octanol–water partition coefficient (Wildman–Crippen LogP) is 2.97. The summed E-state index contributed by atoms with van der Waals surface area (Å²) in [6, 6.07) is 5.88. The van der Waals surface area contributed by atoms with E-state index in [0.717, 1.165) is 22.3 Å². The Morgan fingerprint density at radius 3 is 2.69 bits per heavy atom. The quantitative estimate of drug-likeness (QED) is 0.645. The van der Waals surface area contributed by atoms with Gasteiger partial charge >= 0.3 is 0 Å². The lowest BCUT2D eigenvalue weighted by Gasteiger charge is -2.19. The number of rotatable bonds is 5. The molecule has 0 heterocycles. The van der Waals surface area contributed by atoms with E-state index >= 15 is 0 Å². The lowest BCUT2D eigenvalue weighted by Crippen LogP contribution is -2.19. The largest absolute Gasteiger partial charge is 0.384 e. The van der Waals surface area contributed by atoms with E-state index in [1.54, 1.807) is 0 Å². The molecule has 0 bridgehead atoms. The van der Waals surface area contributed by atoms with Crippen molar-refractivity contribution in [3.05, 3.63) is 28.2 Å². The molecule has 88 valence electrons. The van der Waals surface area contributed by atoms with Crippen LogP contribution in [0.15, 0.2) is 22.7 Å². The molecule has 0 saturated carbocycles. The number of benzene rings is 1. The third-order valence-electron chi connectivity index (χ3n) is 2.53. The van der Waals surface area contributed by atoms with E-state index in [9.17, 15) is 0 Å². The van der Waals surface area contributed by atoms with Crippen molar-refractivity contribution < 1.29 is 0 Å². The average molecular weight is 284 g/mol. The first kappa shape index (κ1) is 13.0. The van der Waals surface area contributed by atoms with Crippen molar-refractivity contribution >= 4 is 27.5 Å². The van der Waals surface area contributed by atoms with Crippen molar-refractivity contribution in [2.45, 2.75) is 19.8 Å². The van der Waals surface area contributed by atoms with Crippen LogP contribution in [0.2, 0.25) is 0 Å². The van der Waals surface area contributed by atoms with Gasteiger partial charge in [-0.1, -0.05) is 13.3 Å². The molecule has 0 aromatic heterocycles. The van der Waals surface area contributed by atoms with Gasteiger partial charge in [0.15, 0.2) is 0 Å². The van der Waals surface area contributed by atoms with Crippen molar-refractivity contribution in [1.29, 1.82) is 5.41 Å². The van der Waals surface area contributed by atoms with Crippen LogP contribution in [0.3, 0.4) is 0 Å². The lowest BCUT2D eigenvalue weighted by atomic mass is 10.2. The minimum absolute atomic E-state index is 0.0923. The number of hydrogen-bond acceptors (Lipinski definition) is 2. The summed E-state index contributed by atoms with van der Waals surface area (Å²) in [5.41, 5.74) is 7.35. The summed E-state index contributed by atoms with van der Waals surface area (Å²) in [7, 11) is 2.07. The SMILES string of the molecule is CCCCN(C)c1ccc(C(=N)N)c(Br)c1. The van der Waals surface area contributed by atoms with E-state index in [2.05, 4.69) is 34.8 Å². The Bertz CT molecular complexity index is 377. The van der Waals surface area contributed by atoms with Gasteiger partial charge in [-0.2, -0.15) is 0 Å².